The Hall–Kier alpha value is -6.48. The highest BCUT2D eigenvalue weighted by Crippen LogP contribution is 2.46. The number of anilines is 3. The Morgan fingerprint density at radius 1 is 0.308 bits per heavy atom. The highest BCUT2D eigenvalue weighted by atomic mass is 32.1. The summed E-state index contributed by atoms with van der Waals surface area (Å²) in [6.07, 6.45) is 0. The molecule has 0 atom stereocenters. The van der Waals surface area contributed by atoms with Crippen LogP contribution in [-0.2, 0) is 0 Å². The van der Waals surface area contributed by atoms with E-state index in [1.165, 1.54) is 75.1 Å². The van der Waals surface area contributed by atoms with E-state index >= 15 is 0 Å². The molecule has 0 unspecified atom stereocenters. The Kier molecular flexibility index (Phi) is 7.41. The Morgan fingerprint density at radius 2 is 0.846 bits per heavy atom. The van der Waals surface area contributed by atoms with Crippen LogP contribution in [0.15, 0.2) is 200 Å². The molecule has 0 radical (unpaired) electrons. The topological polar surface area (TPSA) is 3.24 Å². The number of fused-ring (bicyclic) bond motifs is 5. The molecular weight excluding hydrogens is 647 g/mol. The smallest absolute Gasteiger partial charge is 0.0540 e. The highest BCUT2D eigenvalue weighted by molar-refractivity contribution is 7.25. The van der Waals surface area contributed by atoms with Crippen molar-refractivity contribution in [1.29, 1.82) is 0 Å². The molecule has 0 bridgehead atoms. The molecule has 1 aromatic heterocycles. The van der Waals surface area contributed by atoms with E-state index in [-0.39, 0.29) is 0 Å². The Bertz CT molecular complexity index is 2910. The first-order valence-corrected chi connectivity index (χ1v) is 18.6. The number of rotatable bonds is 6. The maximum Gasteiger partial charge on any atom is 0.0540 e. The van der Waals surface area contributed by atoms with Crippen LogP contribution in [-0.4, -0.2) is 0 Å². The summed E-state index contributed by atoms with van der Waals surface area (Å²) in [5.41, 5.74) is 10.6. The molecule has 0 amide bonds. The maximum atomic E-state index is 2.45. The van der Waals surface area contributed by atoms with E-state index in [2.05, 4.69) is 205 Å². The van der Waals surface area contributed by atoms with E-state index in [1.54, 1.807) is 0 Å². The monoisotopic (exact) mass is 679 g/mol. The van der Waals surface area contributed by atoms with Gasteiger partial charge in [-0.1, -0.05) is 158 Å². The molecule has 0 aliphatic rings. The Labute approximate surface area is 307 Å². The van der Waals surface area contributed by atoms with Crippen LogP contribution in [0.3, 0.4) is 0 Å². The zero-order valence-electron chi connectivity index (χ0n) is 28.4. The van der Waals surface area contributed by atoms with Crippen LogP contribution >= 0.6 is 11.3 Å². The first kappa shape index (κ1) is 30.4. The van der Waals surface area contributed by atoms with Gasteiger partial charge < -0.3 is 4.90 Å². The molecule has 0 aliphatic carbocycles. The van der Waals surface area contributed by atoms with Gasteiger partial charge in [0.1, 0.15) is 0 Å². The van der Waals surface area contributed by atoms with Gasteiger partial charge >= 0.3 is 0 Å². The van der Waals surface area contributed by atoms with Gasteiger partial charge in [0.25, 0.3) is 0 Å². The SMILES string of the molecule is c1ccc(N(c2ccc(-c3cccc4ccccc34)cc2)c2ccccc2-c2ccc3c(c2)sc2ccccc23)c(-c2ccc3ccccc3c2)c1. The van der Waals surface area contributed by atoms with E-state index in [1.807, 2.05) is 11.3 Å². The molecule has 9 aromatic carbocycles. The van der Waals surface area contributed by atoms with Crippen LogP contribution in [0.1, 0.15) is 0 Å². The fourth-order valence-corrected chi connectivity index (χ4v) is 8.90. The van der Waals surface area contributed by atoms with Crippen molar-refractivity contribution in [2.45, 2.75) is 0 Å². The van der Waals surface area contributed by atoms with Gasteiger partial charge in [0.15, 0.2) is 0 Å². The van der Waals surface area contributed by atoms with Gasteiger partial charge in [-0.15, -0.1) is 11.3 Å². The predicted molar refractivity (Wildman–Crippen MR) is 225 cm³/mol. The summed E-state index contributed by atoms with van der Waals surface area (Å²) in [5, 5.41) is 7.62. The molecule has 0 saturated heterocycles. The molecule has 0 spiro atoms. The largest absolute Gasteiger partial charge is 0.309 e. The van der Waals surface area contributed by atoms with Crippen LogP contribution in [0.25, 0.3) is 75.1 Å². The second kappa shape index (κ2) is 12.7. The standard InChI is InChI=1S/C50H33NS/c1-2-14-37-32-38(25-24-34(37)12-1)43-17-5-8-21-47(43)51(40-29-26-36(27-30-40)42-20-11-15-35-13-3-4-16-41(35)42)48-22-9-6-18-44(48)39-28-31-46-45-19-7-10-23-49(45)52-50(46)33-39/h1-33H. The number of thiophene rings is 1. The normalized spacial score (nSPS) is 11.5. The van der Waals surface area contributed by atoms with E-state index in [0.29, 0.717) is 0 Å². The Morgan fingerprint density at radius 3 is 1.63 bits per heavy atom. The quantitative estimate of drug-likeness (QED) is 0.169. The number of hydrogen-bond donors (Lipinski definition) is 0. The van der Waals surface area contributed by atoms with Gasteiger partial charge in [-0.2, -0.15) is 0 Å². The molecule has 0 aliphatic heterocycles. The minimum Gasteiger partial charge on any atom is -0.309 e. The van der Waals surface area contributed by atoms with E-state index in [0.717, 1.165) is 17.1 Å². The van der Waals surface area contributed by atoms with Crippen LogP contribution in [0.5, 0.6) is 0 Å². The van der Waals surface area contributed by atoms with Crippen molar-refractivity contribution in [2.24, 2.45) is 0 Å². The lowest BCUT2D eigenvalue weighted by atomic mass is 9.96. The Balaban J connectivity index is 1.17. The summed E-state index contributed by atoms with van der Waals surface area (Å²) in [5.74, 6) is 0. The molecule has 0 fully saturated rings. The highest BCUT2D eigenvalue weighted by Gasteiger charge is 2.21. The first-order chi connectivity index (χ1) is 25.8. The number of benzene rings is 9. The predicted octanol–water partition coefficient (Wildman–Crippen LogP) is 14.8. The molecule has 0 N–H and O–H groups in total. The lowest BCUT2D eigenvalue weighted by Crippen LogP contribution is -2.12. The molecule has 0 saturated carbocycles. The average molecular weight is 680 g/mol. The molecule has 10 aromatic rings. The zero-order chi connectivity index (χ0) is 34.4. The molecular formula is C50H33NS. The van der Waals surface area contributed by atoms with Crippen molar-refractivity contribution in [3.8, 4) is 33.4 Å². The summed E-state index contributed by atoms with van der Waals surface area (Å²) in [6, 6.07) is 73.0. The van der Waals surface area contributed by atoms with Crippen molar-refractivity contribution in [2.75, 3.05) is 4.90 Å². The van der Waals surface area contributed by atoms with Crippen molar-refractivity contribution in [3.63, 3.8) is 0 Å². The fraction of sp³-hybridized carbons (Fsp3) is 0. The lowest BCUT2D eigenvalue weighted by molar-refractivity contribution is 1.28. The van der Waals surface area contributed by atoms with Crippen molar-refractivity contribution >= 4 is 70.1 Å². The molecule has 52 heavy (non-hydrogen) atoms. The number of hydrogen-bond acceptors (Lipinski definition) is 2. The summed E-state index contributed by atoms with van der Waals surface area (Å²) in [7, 11) is 0. The molecule has 244 valence electrons. The van der Waals surface area contributed by atoms with Crippen LogP contribution in [0.4, 0.5) is 17.1 Å². The lowest BCUT2D eigenvalue weighted by Gasteiger charge is -2.30. The summed E-state index contributed by atoms with van der Waals surface area (Å²) < 4.78 is 2.62. The van der Waals surface area contributed by atoms with E-state index in [4.69, 9.17) is 0 Å². The first-order valence-electron chi connectivity index (χ1n) is 17.8. The van der Waals surface area contributed by atoms with Gasteiger partial charge in [0, 0.05) is 37.0 Å². The average Bonchev–Trinajstić information content (AvgIpc) is 3.59. The second-order valence-electron chi connectivity index (χ2n) is 13.3. The van der Waals surface area contributed by atoms with Crippen LogP contribution in [0.2, 0.25) is 0 Å². The van der Waals surface area contributed by atoms with E-state index < -0.39 is 0 Å². The van der Waals surface area contributed by atoms with Crippen molar-refractivity contribution < 1.29 is 0 Å². The molecule has 1 heterocycles. The van der Waals surface area contributed by atoms with Crippen LogP contribution < -0.4 is 4.90 Å². The summed E-state index contributed by atoms with van der Waals surface area (Å²) in [6.45, 7) is 0. The summed E-state index contributed by atoms with van der Waals surface area (Å²) in [4.78, 5) is 2.45. The van der Waals surface area contributed by atoms with Gasteiger partial charge in [-0.05, 0) is 86.3 Å². The summed E-state index contributed by atoms with van der Waals surface area (Å²) >= 11 is 1.86. The van der Waals surface area contributed by atoms with Gasteiger partial charge in [0.2, 0.25) is 0 Å². The zero-order valence-corrected chi connectivity index (χ0v) is 29.2. The van der Waals surface area contributed by atoms with Gasteiger partial charge in [-0.25, -0.2) is 0 Å². The van der Waals surface area contributed by atoms with E-state index in [9.17, 15) is 0 Å². The number of nitrogens with zero attached hydrogens (tertiary/aromatic N) is 1. The molecule has 1 nitrogen and oxygen atoms in total. The second-order valence-corrected chi connectivity index (χ2v) is 14.4. The maximum absolute atomic E-state index is 2.45. The van der Waals surface area contributed by atoms with Crippen molar-refractivity contribution in [1.82, 2.24) is 0 Å². The minimum atomic E-state index is 1.10. The molecule has 10 rings (SSSR count). The van der Waals surface area contributed by atoms with Gasteiger partial charge in [0.05, 0.1) is 11.4 Å². The third-order valence-electron chi connectivity index (χ3n) is 10.3. The molecule has 2 heteroatoms. The number of para-hydroxylation sites is 2. The van der Waals surface area contributed by atoms with Gasteiger partial charge in [-0.3, -0.25) is 0 Å². The minimum absolute atomic E-state index is 1.10. The van der Waals surface area contributed by atoms with Crippen molar-refractivity contribution in [3.05, 3.63) is 200 Å². The van der Waals surface area contributed by atoms with Crippen LogP contribution in [0, 0.1) is 0 Å². The third kappa shape index (κ3) is 5.24. The fourth-order valence-electron chi connectivity index (χ4n) is 7.75. The third-order valence-corrected chi connectivity index (χ3v) is 11.4.